The summed E-state index contributed by atoms with van der Waals surface area (Å²) in [6, 6.07) is 18.8. The van der Waals surface area contributed by atoms with Gasteiger partial charge < -0.3 is 9.47 Å². The summed E-state index contributed by atoms with van der Waals surface area (Å²) in [4.78, 5) is 8.74. The highest BCUT2D eigenvalue weighted by atomic mass is 16.7. The first kappa shape index (κ1) is 14.7. The smallest absolute Gasteiger partial charge is 0.146 e. The molecule has 1 heterocycles. The van der Waals surface area contributed by atoms with Crippen LogP contribution in [0, 0.1) is 0 Å². The first-order valence-corrected chi connectivity index (χ1v) is 7.41. The molecule has 0 radical (unpaired) electrons. The summed E-state index contributed by atoms with van der Waals surface area (Å²) >= 11 is 0. The van der Waals surface area contributed by atoms with E-state index in [9.17, 15) is 0 Å². The summed E-state index contributed by atoms with van der Waals surface area (Å²) in [6.07, 6.45) is 1.59. The molecule has 0 aromatic heterocycles. The van der Waals surface area contributed by atoms with Gasteiger partial charge in [-0.3, -0.25) is 0 Å². The monoisotopic (exact) mass is 294 g/mol. The van der Waals surface area contributed by atoms with Gasteiger partial charge in [0, 0.05) is 0 Å². The van der Waals surface area contributed by atoms with Crippen LogP contribution in [0.5, 0.6) is 0 Å². The third-order valence-electron chi connectivity index (χ3n) is 3.52. The highest BCUT2D eigenvalue weighted by Crippen LogP contribution is 2.21. The van der Waals surface area contributed by atoms with Gasteiger partial charge in [0.2, 0.25) is 0 Å². The Balaban J connectivity index is 1.94. The molecule has 0 saturated heterocycles. The van der Waals surface area contributed by atoms with Gasteiger partial charge in [-0.15, -0.1) is 0 Å². The van der Waals surface area contributed by atoms with Crippen LogP contribution in [0.3, 0.4) is 0 Å². The molecule has 0 bridgehead atoms. The van der Waals surface area contributed by atoms with Crippen molar-refractivity contribution >= 4 is 17.4 Å². The molecule has 0 unspecified atom stereocenters. The molecule has 0 aliphatic carbocycles. The van der Waals surface area contributed by atoms with E-state index >= 15 is 0 Å². The Morgan fingerprint density at radius 3 is 1.77 bits per heavy atom. The molecule has 2 aromatic carbocycles. The topological polar surface area (TPSA) is 43.2 Å². The van der Waals surface area contributed by atoms with Crippen LogP contribution in [0.15, 0.2) is 58.5 Å². The Morgan fingerprint density at radius 2 is 1.23 bits per heavy atom. The molecular formula is C18H18N2O2. The molecular weight excluding hydrogens is 276 g/mol. The molecule has 0 spiro atoms. The highest BCUT2D eigenvalue weighted by molar-refractivity contribution is 5.61. The number of rotatable bonds is 0. The van der Waals surface area contributed by atoms with Crippen molar-refractivity contribution in [1.82, 2.24) is 0 Å². The van der Waals surface area contributed by atoms with E-state index in [1.165, 1.54) is 0 Å². The minimum Gasteiger partial charge on any atom is -0.355 e. The van der Waals surface area contributed by atoms with Crippen LogP contribution in [0.25, 0.3) is 0 Å². The number of aliphatic imine (C=N–C) groups is 2. The van der Waals surface area contributed by atoms with Crippen LogP contribution < -0.4 is 0 Å². The Morgan fingerprint density at radius 1 is 0.727 bits per heavy atom. The number of hydrogen-bond acceptors (Lipinski definition) is 4. The van der Waals surface area contributed by atoms with E-state index in [1.54, 1.807) is 0 Å². The lowest BCUT2D eigenvalue weighted by Crippen LogP contribution is -2.06. The maximum absolute atomic E-state index is 5.52. The molecule has 1 aliphatic rings. The molecule has 22 heavy (non-hydrogen) atoms. The van der Waals surface area contributed by atoms with Gasteiger partial charge in [0.1, 0.15) is 12.8 Å². The molecule has 0 fully saturated rings. The third kappa shape index (κ3) is 3.89. The van der Waals surface area contributed by atoms with Crippen LogP contribution in [-0.2, 0) is 22.3 Å². The fourth-order valence-electron chi connectivity index (χ4n) is 2.34. The maximum Gasteiger partial charge on any atom is 0.146 e. The summed E-state index contributed by atoms with van der Waals surface area (Å²) in [6.45, 7) is 1.54. The lowest BCUT2D eigenvalue weighted by Gasteiger charge is -2.09. The quantitative estimate of drug-likeness (QED) is 0.739. The minimum absolute atomic E-state index is 0.316. The highest BCUT2D eigenvalue weighted by Gasteiger charge is 2.03. The van der Waals surface area contributed by atoms with Crippen molar-refractivity contribution in [3.63, 3.8) is 0 Å². The number of nitrogens with zero attached hydrogens (tertiary/aromatic N) is 2. The molecule has 0 atom stereocenters. The van der Waals surface area contributed by atoms with Crippen molar-refractivity contribution in [3.8, 4) is 0 Å². The van der Waals surface area contributed by atoms with Gasteiger partial charge in [-0.1, -0.05) is 36.4 Å². The average Bonchev–Trinajstić information content (AvgIpc) is 2.56. The second-order valence-corrected chi connectivity index (χ2v) is 5.02. The van der Waals surface area contributed by atoms with Gasteiger partial charge in [0.05, 0.1) is 24.6 Å². The number of benzene rings is 2. The van der Waals surface area contributed by atoms with Gasteiger partial charge in [0.15, 0.2) is 0 Å². The first-order chi connectivity index (χ1) is 10.9. The average molecular weight is 294 g/mol. The normalized spacial score (nSPS) is 15.6. The third-order valence-corrected chi connectivity index (χ3v) is 3.52. The van der Waals surface area contributed by atoms with E-state index in [-0.39, 0.29) is 0 Å². The number of ether oxygens (including phenoxy) is 2. The molecule has 0 N–H and O–H groups in total. The minimum atomic E-state index is 0.316. The van der Waals surface area contributed by atoms with Gasteiger partial charge in [-0.2, -0.15) is 9.98 Å². The molecule has 1 aliphatic heterocycles. The lowest BCUT2D eigenvalue weighted by molar-refractivity contribution is -0.0516. The lowest BCUT2D eigenvalue weighted by atomic mass is 10.1. The predicted molar refractivity (Wildman–Crippen MR) is 86.2 cm³/mol. The van der Waals surface area contributed by atoms with Crippen molar-refractivity contribution < 1.29 is 9.47 Å². The van der Waals surface area contributed by atoms with Crippen molar-refractivity contribution in [1.29, 1.82) is 0 Å². The van der Waals surface area contributed by atoms with Gasteiger partial charge in [-0.25, -0.2) is 0 Å². The Labute approximate surface area is 130 Å². The van der Waals surface area contributed by atoms with Crippen molar-refractivity contribution in [3.05, 3.63) is 59.7 Å². The standard InChI is InChI=1S/C18H18N2O2/c1-3-7-17-15(5-1)9-11-21-14-22-12-10-16-6-2-4-8-18(16)20-13-19-17/h1-8H,9-12,14H2. The van der Waals surface area contributed by atoms with Crippen LogP contribution in [0.2, 0.25) is 0 Å². The van der Waals surface area contributed by atoms with Crippen LogP contribution in [0.4, 0.5) is 11.4 Å². The van der Waals surface area contributed by atoms with Crippen molar-refractivity contribution in [2.75, 3.05) is 20.0 Å². The van der Waals surface area contributed by atoms with E-state index in [4.69, 9.17) is 9.47 Å². The fourth-order valence-corrected chi connectivity index (χ4v) is 2.34. The molecule has 2 aromatic rings. The largest absolute Gasteiger partial charge is 0.355 e. The Hall–Kier alpha value is -2.26. The van der Waals surface area contributed by atoms with E-state index in [0.717, 1.165) is 35.3 Å². The molecule has 3 rings (SSSR count). The summed E-state index contributed by atoms with van der Waals surface area (Å²) in [5.74, 6) is 0. The predicted octanol–water partition coefficient (Wildman–Crippen LogP) is 3.91. The van der Waals surface area contributed by atoms with E-state index in [0.29, 0.717) is 20.0 Å². The molecule has 0 amide bonds. The second kappa shape index (κ2) is 7.66. The van der Waals surface area contributed by atoms with E-state index < -0.39 is 0 Å². The van der Waals surface area contributed by atoms with Crippen LogP contribution in [0.1, 0.15) is 11.1 Å². The second-order valence-electron chi connectivity index (χ2n) is 5.02. The summed E-state index contributed by atoms with van der Waals surface area (Å²) < 4.78 is 11.0. The molecule has 4 heteroatoms. The summed E-state index contributed by atoms with van der Waals surface area (Å²) in [5.41, 5.74) is 4.00. The summed E-state index contributed by atoms with van der Waals surface area (Å²) in [7, 11) is 0. The first-order valence-electron chi connectivity index (χ1n) is 7.41. The van der Waals surface area contributed by atoms with Gasteiger partial charge in [0.25, 0.3) is 0 Å². The molecule has 0 saturated carbocycles. The fraction of sp³-hybridized carbons (Fsp3) is 0.278. The van der Waals surface area contributed by atoms with Gasteiger partial charge >= 0.3 is 0 Å². The Bertz CT molecular complexity index is 635. The molecule has 4 nitrogen and oxygen atoms in total. The SMILES string of the molecule is C1=Nc2ccccc2CCOCOCCc2ccccc2N=1. The van der Waals surface area contributed by atoms with Crippen molar-refractivity contribution in [2.24, 2.45) is 9.98 Å². The Kier molecular flexibility index (Phi) is 5.11. The zero-order valence-corrected chi connectivity index (χ0v) is 12.4. The number of hydrogen-bond donors (Lipinski definition) is 0. The maximum atomic E-state index is 5.52. The summed E-state index contributed by atoms with van der Waals surface area (Å²) in [5, 5.41) is 0. The number of para-hydroxylation sites is 2. The number of fused-ring (bicyclic) bond motifs is 2. The van der Waals surface area contributed by atoms with Gasteiger partial charge in [-0.05, 0) is 36.1 Å². The zero-order valence-electron chi connectivity index (χ0n) is 12.4. The van der Waals surface area contributed by atoms with Crippen LogP contribution in [-0.4, -0.2) is 26.0 Å². The zero-order chi connectivity index (χ0) is 15.0. The van der Waals surface area contributed by atoms with E-state index in [2.05, 4.69) is 16.0 Å². The van der Waals surface area contributed by atoms with Crippen molar-refractivity contribution in [2.45, 2.75) is 12.8 Å². The molecule has 112 valence electrons. The van der Waals surface area contributed by atoms with E-state index in [1.807, 2.05) is 48.5 Å². The van der Waals surface area contributed by atoms with Crippen LogP contribution >= 0.6 is 0 Å².